The summed E-state index contributed by atoms with van der Waals surface area (Å²) in [5, 5.41) is 9.06. The van der Waals surface area contributed by atoms with Crippen LogP contribution in [0.5, 0.6) is 0 Å². The molecule has 0 radical (unpaired) electrons. The highest BCUT2D eigenvalue weighted by atomic mass is 15.3. The summed E-state index contributed by atoms with van der Waals surface area (Å²) in [7, 11) is 0. The first-order valence-electron chi connectivity index (χ1n) is 8.61. The molecule has 5 rings (SSSR count). The summed E-state index contributed by atoms with van der Waals surface area (Å²) in [4.78, 5) is 16.7. The fourth-order valence-electron chi connectivity index (χ4n) is 3.24. The molecule has 4 aromatic heterocycles. The van der Waals surface area contributed by atoms with E-state index in [1.807, 2.05) is 42.2 Å². The summed E-state index contributed by atoms with van der Waals surface area (Å²) in [6, 6.07) is 4.37. The van der Waals surface area contributed by atoms with Crippen LogP contribution in [0.15, 0.2) is 30.7 Å². The lowest BCUT2D eigenvalue weighted by Crippen LogP contribution is -2.18. The fraction of sp³-hybridized carbons (Fsp3) is 0.333. The molecule has 0 aromatic carbocycles. The molecule has 25 heavy (non-hydrogen) atoms. The van der Waals surface area contributed by atoms with Crippen molar-refractivity contribution in [3.8, 4) is 11.3 Å². The number of aryl methyl sites for hydroxylation is 1. The third-order valence-electron chi connectivity index (χ3n) is 4.93. The van der Waals surface area contributed by atoms with Gasteiger partial charge in [0, 0.05) is 29.4 Å². The zero-order valence-corrected chi connectivity index (χ0v) is 14.2. The van der Waals surface area contributed by atoms with Crippen LogP contribution in [0, 0.1) is 12.8 Å². The number of hydrogen-bond acceptors (Lipinski definition) is 5. The third-order valence-corrected chi connectivity index (χ3v) is 4.93. The van der Waals surface area contributed by atoms with Gasteiger partial charge in [0.15, 0.2) is 5.65 Å². The second-order valence-electron chi connectivity index (χ2n) is 6.82. The predicted octanol–water partition coefficient (Wildman–Crippen LogP) is 3.19. The Hall–Kier alpha value is -2.96. The summed E-state index contributed by atoms with van der Waals surface area (Å²) in [6.07, 6.45) is 8.22. The summed E-state index contributed by atoms with van der Waals surface area (Å²) in [5.41, 5.74) is 4.54. The van der Waals surface area contributed by atoms with Gasteiger partial charge in [0.05, 0.1) is 17.6 Å². The maximum absolute atomic E-state index is 4.69. The highest BCUT2D eigenvalue weighted by Gasteiger charge is 2.28. The number of anilines is 1. The fourth-order valence-corrected chi connectivity index (χ4v) is 3.24. The van der Waals surface area contributed by atoms with Crippen LogP contribution < -0.4 is 5.32 Å². The molecule has 7 nitrogen and oxygen atoms in total. The van der Waals surface area contributed by atoms with Crippen molar-refractivity contribution in [2.75, 3.05) is 5.32 Å². The zero-order valence-electron chi connectivity index (χ0n) is 14.2. The second-order valence-corrected chi connectivity index (χ2v) is 6.82. The highest BCUT2D eigenvalue weighted by Crippen LogP contribution is 2.34. The Morgan fingerprint density at radius 3 is 2.96 bits per heavy atom. The Balaban J connectivity index is 1.53. The molecule has 0 amide bonds. The molecule has 126 valence electrons. The molecule has 1 aliphatic carbocycles. The number of aromatic nitrogens is 6. The maximum Gasteiger partial charge on any atom is 0.224 e. The van der Waals surface area contributed by atoms with Crippen LogP contribution in [0.3, 0.4) is 0 Å². The number of rotatable bonds is 4. The number of nitrogens with zero attached hydrogens (tertiary/aromatic N) is 5. The van der Waals surface area contributed by atoms with E-state index in [0.717, 1.165) is 39.5 Å². The molecule has 1 saturated carbocycles. The lowest BCUT2D eigenvalue weighted by Gasteiger charge is -2.12. The van der Waals surface area contributed by atoms with Crippen molar-refractivity contribution in [2.45, 2.75) is 32.7 Å². The van der Waals surface area contributed by atoms with Crippen LogP contribution in [0.25, 0.3) is 27.9 Å². The molecule has 4 heterocycles. The minimum Gasteiger partial charge on any atom is -0.351 e. The number of nitrogens with one attached hydrogen (secondary N) is 2. The van der Waals surface area contributed by atoms with Crippen molar-refractivity contribution in [3.05, 3.63) is 36.4 Å². The summed E-state index contributed by atoms with van der Waals surface area (Å²) in [6.45, 7) is 4.19. The van der Waals surface area contributed by atoms with Crippen LogP contribution in [-0.4, -0.2) is 35.6 Å². The summed E-state index contributed by atoms with van der Waals surface area (Å²) >= 11 is 0. The van der Waals surface area contributed by atoms with Crippen LogP contribution in [0.4, 0.5) is 5.95 Å². The van der Waals surface area contributed by atoms with Crippen molar-refractivity contribution >= 4 is 22.6 Å². The van der Waals surface area contributed by atoms with Gasteiger partial charge in [0.2, 0.25) is 5.95 Å². The number of fused-ring (bicyclic) bond motifs is 2. The van der Waals surface area contributed by atoms with Gasteiger partial charge in [-0.2, -0.15) is 10.1 Å². The Morgan fingerprint density at radius 1 is 1.24 bits per heavy atom. The first-order valence-corrected chi connectivity index (χ1v) is 8.61. The zero-order chi connectivity index (χ0) is 17.0. The van der Waals surface area contributed by atoms with Crippen molar-refractivity contribution in [1.82, 2.24) is 29.5 Å². The molecular weight excluding hydrogens is 314 g/mol. The molecule has 1 fully saturated rings. The van der Waals surface area contributed by atoms with E-state index < -0.39 is 0 Å². The monoisotopic (exact) mass is 333 g/mol. The maximum atomic E-state index is 4.69. The van der Waals surface area contributed by atoms with E-state index in [1.165, 1.54) is 12.8 Å². The molecule has 0 bridgehead atoms. The van der Waals surface area contributed by atoms with Crippen molar-refractivity contribution in [3.63, 3.8) is 0 Å². The summed E-state index contributed by atoms with van der Waals surface area (Å²) in [5.74, 6) is 1.43. The first-order chi connectivity index (χ1) is 12.2. The molecule has 0 spiro atoms. The predicted molar refractivity (Wildman–Crippen MR) is 96.4 cm³/mol. The van der Waals surface area contributed by atoms with Crippen LogP contribution >= 0.6 is 0 Å². The average molecular weight is 333 g/mol. The summed E-state index contributed by atoms with van der Waals surface area (Å²) < 4.78 is 1.85. The van der Waals surface area contributed by atoms with Gasteiger partial charge in [-0.05, 0) is 44.7 Å². The minimum atomic E-state index is 0.417. The molecule has 1 aliphatic rings. The Morgan fingerprint density at radius 2 is 2.12 bits per heavy atom. The van der Waals surface area contributed by atoms with Gasteiger partial charge in [-0.3, -0.25) is 0 Å². The molecule has 1 atom stereocenters. The minimum absolute atomic E-state index is 0.417. The van der Waals surface area contributed by atoms with Gasteiger partial charge >= 0.3 is 0 Å². The van der Waals surface area contributed by atoms with E-state index >= 15 is 0 Å². The van der Waals surface area contributed by atoms with E-state index in [9.17, 15) is 0 Å². The van der Waals surface area contributed by atoms with Crippen molar-refractivity contribution < 1.29 is 0 Å². The lowest BCUT2D eigenvalue weighted by atomic mass is 10.2. The average Bonchev–Trinajstić information content (AvgIpc) is 3.30. The van der Waals surface area contributed by atoms with Gasteiger partial charge in [0.1, 0.15) is 5.65 Å². The number of hydrogen-bond donors (Lipinski definition) is 2. The van der Waals surface area contributed by atoms with Crippen molar-refractivity contribution in [2.24, 2.45) is 5.92 Å². The largest absolute Gasteiger partial charge is 0.351 e. The van der Waals surface area contributed by atoms with E-state index in [4.69, 9.17) is 5.10 Å². The van der Waals surface area contributed by atoms with Crippen molar-refractivity contribution in [1.29, 1.82) is 0 Å². The van der Waals surface area contributed by atoms with Gasteiger partial charge in [0.25, 0.3) is 0 Å². The van der Waals surface area contributed by atoms with E-state index in [2.05, 4.69) is 32.2 Å². The first kappa shape index (κ1) is 14.4. The molecule has 1 unspecified atom stereocenters. The standard InChI is InChI=1S/C18H19N7/c1-10-7-19-16-6-5-15(24-25(10)16)13-8-20-17-14(13)9-21-18(23-17)22-11(2)12-3-4-12/h5-9,11-12H,3-4H2,1-2H3,(H2,20,21,22,23). The second kappa shape index (κ2) is 5.27. The van der Waals surface area contributed by atoms with Gasteiger partial charge < -0.3 is 10.3 Å². The van der Waals surface area contributed by atoms with Gasteiger partial charge in [-0.25, -0.2) is 14.5 Å². The van der Waals surface area contributed by atoms with E-state index in [0.29, 0.717) is 12.0 Å². The van der Waals surface area contributed by atoms with Crippen LogP contribution in [0.2, 0.25) is 0 Å². The quantitative estimate of drug-likeness (QED) is 0.599. The van der Waals surface area contributed by atoms with Crippen LogP contribution in [-0.2, 0) is 0 Å². The molecule has 2 N–H and O–H groups in total. The van der Waals surface area contributed by atoms with E-state index in [-0.39, 0.29) is 0 Å². The van der Waals surface area contributed by atoms with Crippen LogP contribution in [0.1, 0.15) is 25.5 Å². The topological polar surface area (TPSA) is 83.8 Å². The number of H-pyrrole nitrogens is 1. The SMILES string of the molecule is Cc1cnc2ccc(-c3c[nH]c4nc(NC(C)C5CC5)ncc34)nn12. The van der Waals surface area contributed by atoms with E-state index in [1.54, 1.807) is 0 Å². The Bertz CT molecular complexity index is 1070. The Kier molecular flexibility index (Phi) is 3.03. The molecule has 4 aromatic rings. The number of imidazole rings is 1. The normalized spacial score (nSPS) is 15.8. The Labute approximate surface area is 144 Å². The van der Waals surface area contributed by atoms with Gasteiger partial charge in [-0.15, -0.1) is 0 Å². The third kappa shape index (κ3) is 2.43. The molecule has 0 saturated heterocycles. The highest BCUT2D eigenvalue weighted by molar-refractivity contribution is 5.92. The molecular formula is C18H19N7. The number of aromatic amines is 1. The lowest BCUT2D eigenvalue weighted by molar-refractivity contribution is 0.687. The molecule has 0 aliphatic heterocycles. The molecule has 7 heteroatoms. The smallest absolute Gasteiger partial charge is 0.224 e. The van der Waals surface area contributed by atoms with Gasteiger partial charge in [-0.1, -0.05) is 0 Å².